The van der Waals surface area contributed by atoms with Gasteiger partial charge in [-0.25, -0.2) is 9.36 Å². The summed E-state index contributed by atoms with van der Waals surface area (Å²) in [7, 11) is -4.71. The third-order valence-corrected chi connectivity index (χ3v) is 6.45. The van der Waals surface area contributed by atoms with Crippen LogP contribution in [0.15, 0.2) is 36.5 Å². The summed E-state index contributed by atoms with van der Waals surface area (Å²) in [5.74, 6) is -2.58. The highest BCUT2D eigenvalue weighted by Crippen LogP contribution is 2.43. The van der Waals surface area contributed by atoms with Crippen LogP contribution in [-0.2, 0) is 32.7 Å². The van der Waals surface area contributed by atoms with Crippen molar-refractivity contribution in [2.75, 3.05) is 19.8 Å². The van der Waals surface area contributed by atoms with Crippen LogP contribution in [0.4, 0.5) is 0 Å². The molecule has 40 heavy (non-hydrogen) atoms. The van der Waals surface area contributed by atoms with Crippen LogP contribution in [0.5, 0.6) is 0 Å². The Morgan fingerprint density at radius 1 is 0.825 bits per heavy atom. The first-order chi connectivity index (χ1) is 19.1. The average molecular weight is 590 g/mol. The number of carbonyl (C=O) groups excluding carboxylic acids is 2. The number of allylic oxidation sites excluding steroid dienone is 6. The number of nitrogens with one attached hydrogen (secondary N) is 1. The number of aliphatic hydroxyl groups is 1. The van der Waals surface area contributed by atoms with Gasteiger partial charge >= 0.3 is 19.8 Å². The average Bonchev–Trinajstić information content (AvgIpc) is 2.90. The van der Waals surface area contributed by atoms with E-state index in [1.165, 1.54) is 0 Å². The standard InChI is InChI=1S/C28H48NO10P/c1-3-4-5-6-7-8-9-10-11-12-13-14-15-16-17-18-19-20-27(32)29-26(28(33)34)23-39-40(35,36)38-22-25(31)21-37-24(2)30/h4-5,7-8,10-11,25-26,31H,3,6,9,12-23H2,1-2H3,(H,29,32)(H,33,34)(H,35,36)/b5-4-,8-7-,11-10-. The van der Waals surface area contributed by atoms with E-state index in [0.29, 0.717) is 6.42 Å². The zero-order chi connectivity index (χ0) is 30.1. The molecule has 11 nitrogen and oxygen atoms in total. The molecule has 12 heteroatoms. The van der Waals surface area contributed by atoms with Crippen LogP contribution < -0.4 is 5.32 Å². The molecule has 0 radical (unpaired) electrons. The van der Waals surface area contributed by atoms with Crippen molar-refractivity contribution >= 4 is 25.7 Å². The molecule has 0 rings (SSSR count). The summed E-state index contributed by atoms with van der Waals surface area (Å²) in [6, 6.07) is -1.55. The summed E-state index contributed by atoms with van der Waals surface area (Å²) in [4.78, 5) is 43.8. The number of amides is 1. The summed E-state index contributed by atoms with van der Waals surface area (Å²) < 4.78 is 25.6. The van der Waals surface area contributed by atoms with Crippen molar-refractivity contribution < 1.29 is 47.8 Å². The topological polar surface area (TPSA) is 169 Å². The van der Waals surface area contributed by atoms with Crippen molar-refractivity contribution in [3.63, 3.8) is 0 Å². The van der Waals surface area contributed by atoms with E-state index in [1.807, 2.05) is 0 Å². The van der Waals surface area contributed by atoms with Crippen molar-refractivity contribution in [2.24, 2.45) is 0 Å². The molecule has 0 aliphatic heterocycles. The number of aliphatic carboxylic acids is 1. The molecule has 0 aromatic rings. The molecule has 4 N–H and O–H groups in total. The van der Waals surface area contributed by atoms with Crippen molar-refractivity contribution in [3.8, 4) is 0 Å². The molecule has 3 unspecified atom stereocenters. The Balaban J connectivity index is 3.94. The number of unbranched alkanes of at least 4 members (excludes halogenated alkanes) is 7. The molecule has 0 aliphatic carbocycles. The van der Waals surface area contributed by atoms with Crippen LogP contribution in [-0.4, -0.2) is 64.9 Å². The summed E-state index contributed by atoms with van der Waals surface area (Å²) in [6.07, 6.45) is 22.9. The lowest BCUT2D eigenvalue weighted by Gasteiger charge is -2.18. The van der Waals surface area contributed by atoms with Gasteiger partial charge < -0.3 is 25.2 Å². The largest absolute Gasteiger partial charge is 0.480 e. The molecule has 3 atom stereocenters. The molecule has 0 heterocycles. The van der Waals surface area contributed by atoms with E-state index in [1.54, 1.807) is 0 Å². The Kier molecular flexibility index (Phi) is 23.1. The van der Waals surface area contributed by atoms with Crippen LogP contribution in [0.3, 0.4) is 0 Å². The van der Waals surface area contributed by atoms with Crippen molar-refractivity contribution in [3.05, 3.63) is 36.5 Å². The maximum atomic E-state index is 12.1. The van der Waals surface area contributed by atoms with Gasteiger partial charge in [0, 0.05) is 13.3 Å². The predicted molar refractivity (Wildman–Crippen MR) is 152 cm³/mol. The minimum absolute atomic E-state index is 0.132. The van der Waals surface area contributed by atoms with Crippen LogP contribution in [0.2, 0.25) is 0 Å². The number of aliphatic hydroxyl groups excluding tert-OH is 1. The van der Waals surface area contributed by atoms with E-state index in [4.69, 9.17) is 0 Å². The van der Waals surface area contributed by atoms with Gasteiger partial charge in [0.25, 0.3) is 0 Å². The number of hydrogen-bond acceptors (Lipinski definition) is 8. The number of rotatable bonds is 25. The predicted octanol–water partition coefficient (Wildman–Crippen LogP) is 4.98. The van der Waals surface area contributed by atoms with Crippen LogP contribution in [0, 0.1) is 0 Å². The second kappa shape index (κ2) is 24.5. The first-order valence-electron chi connectivity index (χ1n) is 14.0. The van der Waals surface area contributed by atoms with Crippen molar-refractivity contribution in [2.45, 2.75) is 103 Å². The van der Waals surface area contributed by atoms with E-state index in [9.17, 15) is 34.1 Å². The fourth-order valence-corrected chi connectivity index (χ4v) is 4.12. The maximum absolute atomic E-state index is 12.1. The number of phosphoric ester groups is 1. The van der Waals surface area contributed by atoms with Gasteiger partial charge in [-0.2, -0.15) is 0 Å². The normalized spacial score (nSPS) is 14.9. The lowest BCUT2D eigenvalue weighted by molar-refractivity contribution is -0.144. The lowest BCUT2D eigenvalue weighted by atomic mass is 10.1. The third-order valence-electron chi connectivity index (χ3n) is 5.50. The molecule has 0 aromatic heterocycles. The Morgan fingerprint density at radius 3 is 1.98 bits per heavy atom. The monoisotopic (exact) mass is 589 g/mol. The molecular weight excluding hydrogens is 541 g/mol. The zero-order valence-electron chi connectivity index (χ0n) is 23.9. The first-order valence-corrected chi connectivity index (χ1v) is 15.5. The van der Waals surface area contributed by atoms with E-state index in [2.05, 4.69) is 62.5 Å². The number of hydrogen-bond donors (Lipinski definition) is 4. The van der Waals surface area contributed by atoms with E-state index < -0.39 is 57.6 Å². The zero-order valence-corrected chi connectivity index (χ0v) is 24.8. The first kappa shape index (κ1) is 37.7. The van der Waals surface area contributed by atoms with E-state index in [-0.39, 0.29) is 6.42 Å². The Labute approximate surface area is 238 Å². The molecule has 0 aromatic carbocycles. The van der Waals surface area contributed by atoms with Gasteiger partial charge in [0.2, 0.25) is 5.91 Å². The Bertz CT molecular complexity index is 843. The molecule has 0 bridgehead atoms. The molecule has 230 valence electrons. The van der Waals surface area contributed by atoms with Gasteiger partial charge in [-0.1, -0.05) is 75.5 Å². The molecule has 0 aliphatic rings. The van der Waals surface area contributed by atoms with Gasteiger partial charge in [-0.3, -0.25) is 18.6 Å². The SMILES string of the molecule is CC/C=C\C/C=C\C/C=C\CCCCCCCCCC(=O)NC(COP(=O)(O)OCC(O)COC(C)=O)C(=O)O. The summed E-state index contributed by atoms with van der Waals surface area (Å²) >= 11 is 0. The molecule has 0 spiro atoms. The molecule has 0 fully saturated rings. The van der Waals surface area contributed by atoms with E-state index in [0.717, 1.165) is 71.1 Å². The fraction of sp³-hybridized carbons (Fsp3) is 0.679. The molecule has 0 saturated heterocycles. The highest BCUT2D eigenvalue weighted by molar-refractivity contribution is 7.47. The van der Waals surface area contributed by atoms with Gasteiger partial charge in [0.1, 0.15) is 12.7 Å². The third kappa shape index (κ3) is 24.7. The molecule has 0 saturated carbocycles. The van der Waals surface area contributed by atoms with Crippen molar-refractivity contribution in [1.82, 2.24) is 5.32 Å². The number of esters is 1. The summed E-state index contributed by atoms with van der Waals surface area (Å²) in [5, 5.41) is 21.1. The second-order valence-electron chi connectivity index (χ2n) is 9.28. The number of carboxylic acid groups (broad SMARTS) is 1. The second-order valence-corrected chi connectivity index (χ2v) is 10.7. The van der Waals surface area contributed by atoms with Crippen LogP contribution in [0.1, 0.15) is 90.9 Å². The lowest BCUT2D eigenvalue weighted by Crippen LogP contribution is -2.43. The minimum atomic E-state index is -4.71. The number of phosphoric acid groups is 1. The smallest absolute Gasteiger partial charge is 0.472 e. The Morgan fingerprint density at radius 2 is 1.38 bits per heavy atom. The highest BCUT2D eigenvalue weighted by Gasteiger charge is 2.28. The summed E-state index contributed by atoms with van der Waals surface area (Å²) in [6.45, 7) is 1.32. The Hall–Kier alpha value is -2.30. The quantitative estimate of drug-likeness (QED) is 0.0493. The van der Waals surface area contributed by atoms with Gasteiger partial charge in [0.15, 0.2) is 6.04 Å². The molecular formula is C28H48NO10P. The summed E-state index contributed by atoms with van der Waals surface area (Å²) in [5.41, 5.74) is 0. The highest BCUT2D eigenvalue weighted by atomic mass is 31.2. The van der Waals surface area contributed by atoms with E-state index >= 15 is 0 Å². The number of carboxylic acids is 1. The maximum Gasteiger partial charge on any atom is 0.472 e. The van der Waals surface area contributed by atoms with Gasteiger partial charge in [-0.05, 0) is 38.5 Å². The van der Waals surface area contributed by atoms with Gasteiger partial charge in [0.05, 0.1) is 13.2 Å². The number of carbonyl (C=O) groups is 3. The molecule has 1 amide bonds. The minimum Gasteiger partial charge on any atom is -0.480 e. The van der Waals surface area contributed by atoms with Crippen LogP contribution >= 0.6 is 7.82 Å². The van der Waals surface area contributed by atoms with Crippen LogP contribution in [0.25, 0.3) is 0 Å². The fourth-order valence-electron chi connectivity index (χ4n) is 3.35. The van der Waals surface area contributed by atoms with Crippen molar-refractivity contribution in [1.29, 1.82) is 0 Å². The van der Waals surface area contributed by atoms with Gasteiger partial charge in [-0.15, -0.1) is 0 Å². The number of ether oxygens (including phenoxy) is 1.